The van der Waals surface area contributed by atoms with Crippen LogP contribution in [0.5, 0.6) is 0 Å². The fraction of sp³-hybridized carbons (Fsp3) is 0.333. The van der Waals surface area contributed by atoms with Gasteiger partial charge in [0.25, 0.3) is 0 Å². The second-order valence-corrected chi connectivity index (χ2v) is 7.73. The third-order valence-electron chi connectivity index (χ3n) is 5.64. The summed E-state index contributed by atoms with van der Waals surface area (Å²) in [5.74, 6) is 1.70. The molecule has 150 valence electrons. The summed E-state index contributed by atoms with van der Waals surface area (Å²) >= 11 is 0. The van der Waals surface area contributed by atoms with Gasteiger partial charge in [-0.05, 0) is 43.5 Å². The summed E-state index contributed by atoms with van der Waals surface area (Å²) in [6.45, 7) is 11.0. The molecule has 0 radical (unpaired) electrons. The molecule has 1 saturated heterocycles. The Hall–Kier alpha value is -3.08. The Labute approximate surface area is 173 Å². The maximum atomic E-state index is 4.79. The third kappa shape index (κ3) is 4.50. The van der Waals surface area contributed by atoms with E-state index in [9.17, 15) is 0 Å². The van der Waals surface area contributed by atoms with Crippen LogP contribution in [0, 0.1) is 20.8 Å². The largest absolute Gasteiger partial charge is 0.368 e. The average Bonchev–Trinajstić information content (AvgIpc) is 2.75. The minimum absolute atomic E-state index is 0.761. The van der Waals surface area contributed by atoms with Crippen LogP contribution in [-0.4, -0.2) is 36.1 Å². The smallest absolute Gasteiger partial charge is 0.227 e. The fourth-order valence-electron chi connectivity index (χ4n) is 3.80. The zero-order chi connectivity index (χ0) is 20.2. The summed E-state index contributed by atoms with van der Waals surface area (Å²) in [6.07, 6.45) is 0. The first-order valence-corrected chi connectivity index (χ1v) is 10.3. The molecule has 0 amide bonds. The Morgan fingerprint density at radius 1 is 0.828 bits per heavy atom. The van der Waals surface area contributed by atoms with E-state index in [0.717, 1.165) is 50.2 Å². The Balaban J connectivity index is 1.43. The molecule has 0 bridgehead atoms. The standard InChI is InChI=1S/C24H29N5/c1-18-8-7-11-22(20(18)3)28-12-14-29(15-13-28)24-26-19(2)16-23(27-24)25-17-21-9-5-4-6-10-21/h4-11,16H,12-15,17H2,1-3H3,(H,25,26,27). The topological polar surface area (TPSA) is 44.3 Å². The molecule has 2 heterocycles. The van der Waals surface area contributed by atoms with E-state index in [1.54, 1.807) is 0 Å². The summed E-state index contributed by atoms with van der Waals surface area (Å²) in [5, 5.41) is 3.44. The van der Waals surface area contributed by atoms with E-state index in [-0.39, 0.29) is 0 Å². The quantitative estimate of drug-likeness (QED) is 0.705. The Morgan fingerprint density at radius 3 is 2.31 bits per heavy atom. The lowest BCUT2D eigenvalue weighted by Gasteiger charge is -2.37. The molecule has 5 nitrogen and oxygen atoms in total. The molecule has 1 N–H and O–H groups in total. The molecule has 1 aromatic heterocycles. The number of benzene rings is 2. The van der Waals surface area contributed by atoms with Gasteiger partial charge in [0.2, 0.25) is 5.95 Å². The highest BCUT2D eigenvalue weighted by Crippen LogP contribution is 2.25. The monoisotopic (exact) mass is 387 g/mol. The SMILES string of the molecule is Cc1cc(NCc2ccccc2)nc(N2CCN(c3cccc(C)c3C)CC2)n1. The highest BCUT2D eigenvalue weighted by Gasteiger charge is 2.21. The summed E-state index contributed by atoms with van der Waals surface area (Å²) in [7, 11) is 0. The van der Waals surface area contributed by atoms with E-state index >= 15 is 0 Å². The molecule has 1 aliphatic heterocycles. The number of rotatable bonds is 5. The first-order valence-electron chi connectivity index (χ1n) is 10.3. The highest BCUT2D eigenvalue weighted by molar-refractivity contribution is 5.57. The van der Waals surface area contributed by atoms with Crippen molar-refractivity contribution in [2.45, 2.75) is 27.3 Å². The van der Waals surface area contributed by atoms with Crippen molar-refractivity contribution in [2.75, 3.05) is 41.3 Å². The minimum Gasteiger partial charge on any atom is -0.368 e. The van der Waals surface area contributed by atoms with E-state index in [1.165, 1.54) is 22.4 Å². The van der Waals surface area contributed by atoms with E-state index in [1.807, 2.05) is 19.1 Å². The van der Waals surface area contributed by atoms with Crippen molar-refractivity contribution in [1.29, 1.82) is 0 Å². The maximum absolute atomic E-state index is 4.79. The molecular weight excluding hydrogens is 358 g/mol. The maximum Gasteiger partial charge on any atom is 0.227 e. The van der Waals surface area contributed by atoms with Crippen LogP contribution in [0.1, 0.15) is 22.4 Å². The van der Waals surface area contributed by atoms with Gasteiger partial charge >= 0.3 is 0 Å². The van der Waals surface area contributed by atoms with Gasteiger partial charge in [0.15, 0.2) is 0 Å². The van der Waals surface area contributed by atoms with Gasteiger partial charge in [-0.15, -0.1) is 0 Å². The van der Waals surface area contributed by atoms with Crippen LogP contribution in [-0.2, 0) is 6.54 Å². The predicted octanol–water partition coefficient (Wildman–Crippen LogP) is 4.34. The molecule has 1 aliphatic rings. The van der Waals surface area contributed by atoms with Crippen molar-refractivity contribution in [3.8, 4) is 0 Å². The number of hydrogen-bond acceptors (Lipinski definition) is 5. The molecule has 0 spiro atoms. The van der Waals surface area contributed by atoms with Gasteiger partial charge in [-0.1, -0.05) is 42.5 Å². The van der Waals surface area contributed by atoms with Gasteiger partial charge in [-0.2, -0.15) is 4.98 Å². The van der Waals surface area contributed by atoms with E-state index < -0.39 is 0 Å². The van der Waals surface area contributed by atoms with Gasteiger partial charge in [0, 0.05) is 50.2 Å². The van der Waals surface area contributed by atoms with Crippen LogP contribution < -0.4 is 15.1 Å². The van der Waals surface area contributed by atoms with Crippen LogP contribution >= 0.6 is 0 Å². The Bertz CT molecular complexity index is 962. The normalized spacial score (nSPS) is 14.2. The fourth-order valence-corrected chi connectivity index (χ4v) is 3.80. The van der Waals surface area contributed by atoms with Crippen LogP contribution in [0.15, 0.2) is 54.6 Å². The zero-order valence-electron chi connectivity index (χ0n) is 17.5. The summed E-state index contributed by atoms with van der Waals surface area (Å²) in [4.78, 5) is 14.3. The van der Waals surface area contributed by atoms with Crippen molar-refractivity contribution >= 4 is 17.5 Å². The predicted molar refractivity (Wildman–Crippen MR) is 121 cm³/mol. The van der Waals surface area contributed by atoms with Crippen molar-refractivity contribution in [2.24, 2.45) is 0 Å². The molecule has 0 saturated carbocycles. The summed E-state index contributed by atoms with van der Waals surface area (Å²) < 4.78 is 0. The van der Waals surface area contributed by atoms with E-state index in [2.05, 4.69) is 71.4 Å². The second-order valence-electron chi connectivity index (χ2n) is 7.73. The van der Waals surface area contributed by atoms with E-state index in [4.69, 9.17) is 9.97 Å². The van der Waals surface area contributed by atoms with Gasteiger partial charge in [0.05, 0.1) is 0 Å². The van der Waals surface area contributed by atoms with E-state index in [0.29, 0.717) is 0 Å². The van der Waals surface area contributed by atoms with Crippen molar-refractivity contribution in [3.05, 3.63) is 77.0 Å². The molecule has 29 heavy (non-hydrogen) atoms. The minimum atomic E-state index is 0.761. The summed E-state index contributed by atoms with van der Waals surface area (Å²) in [6, 6.07) is 19.0. The number of piperazine rings is 1. The molecule has 1 fully saturated rings. The lowest BCUT2D eigenvalue weighted by atomic mass is 10.1. The van der Waals surface area contributed by atoms with Crippen molar-refractivity contribution < 1.29 is 0 Å². The Morgan fingerprint density at radius 2 is 1.55 bits per heavy atom. The summed E-state index contributed by atoms with van der Waals surface area (Å²) in [5.41, 5.74) is 6.30. The average molecular weight is 388 g/mol. The van der Waals surface area contributed by atoms with Crippen molar-refractivity contribution in [3.63, 3.8) is 0 Å². The molecule has 4 rings (SSSR count). The molecule has 3 aromatic rings. The number of hydrogen-bond donors (Lipinski definition) is 1. The molecule has 5 heteroatoms. The van der Waals surface area contributed by atoms with Crippen LogP contribution in [0.3, 0.4) is 0 Å². The first-order chi connectivity index (χ1) is 14.1. The molecule has 0 atom stereocenters. The molecule has 2 aromatic carbocycles. The van der Waals surface area contributed by atoms with Crippen LogP contribution in [0.2, 0.25) is 0 Å². The number of nitrogens with one attached hydrogen (secondary N) is 1. The van der Waals surface area contributed by atoms with Crippen LogP contribution in [0.25, 0.3) is 0 Å². The Kier molecular flexibility index (Phi) is 5.65. The first kappa shape index (κ1) is 19.2. The molecule has 0 unspecified atom stereocenters. The van der Waals surface area contributed by atoms with Crippen molar-refractivity contribution in [1.82, 2.24) is 9.97 Å². The lowest BCUT2D eigenvalue weighted by molar-refractivity contribution is 0.638. The van der Waals surface area contributed by atoms with Gasteiger partial charge in [-0.3, -0.25) is 0 Å². The van der Waals surface area contributed by atoms with Gasteiger partial charge < -0.3 is 15.1 Å². The number of aromatic nitrogens is 2. The number of nitrogens with zero attached hydrogens (tertiary/aromatic N) is 4. The molecular formula is C24H29N5. The zero-order valence-corrected chi connectivity index (χ0v) is 17.5. The number of aryl methyl sites for hydroxylation is 2. The van der Waals surface area contributed by atoms with Gasteiger partial charge in [0.1, 0.15) is 5.82 Å². The van der Waals surface area contributed by atoms with Gasteiger partial charge in [-0.25, -0.2) is 4.98 Å². The second kappa shape index (κ2) is 8.52. The lowest BCUT2D eigenvalue weighted by Crippen LogP contribution is -2.47. The van der Waals surface area contributed by atoms with Crippen LogP contribution in [0.4, 0.5) is 17.5 Å². The third-order valence-corrected chi connectivity index (χ3v) is 5.64. The molecule has 0 aliphatic carbocycles. The number of anilines is 3. The highest BCUT2D eigenvalue weighted by atomic mass is 15.3.